The normalized spacial score (nSPS) is 17.8. The Morgan fingerprint density at radius 2 is 2.22 bits per heavy atom. The van der Waals surface area contributed by atoms with Crippen molar-refractivity contribution in [2.75, 3.05) is 44.2 Å². The van der Waals surface area contributed by atoms with Crippen molar-refractivity contribution < 1.29 is 0 Å². The first kappa shape index (κ1) is 13.0. The fourth-order valence-corrected chi connectivity index (χ4v) is 2.33. The molecule has 0 spiro atoms. The smallest absolute Gasteiger partial charge is 0.252 e. The third kappa shape index (κ3) is 3.30. The summed E-state index contributed by atoms with van der Waals surface area (Å²) in [5, 5.41) is 0. The maximum absolute atomic E-state index is 11.5. The maximum atomic E-state index is 11.5. The minimum Gasteiger partial charge on any atom is -0.355 e. The Kier molecular flexibility index (Phi) is 4.33. The van der Waals surface area contributed by atoms with Gasteiger partial charge in [-0.15, -0.1) is 0 Å². The number of H-pyrrole nitrogens is 1. The second-order valence-corrected chi connectivity index (χ2v) is 4.66. The van der Waals surface area contributed by atoms with E-state index in [2.05, 4.69) is 19.8 Å². The summed E-state index contributed by atoms with van der Waals surface area (Å²) in [6.07, 6.45) is 1.08. The molecule has 0 atom stereocenters. The minimum absolute atomic E-state index is 0.0828. The molecular weight excluding hydrogens is 230 g/mol. The third-order valence-corrected chi connectivity index (χ3v) is 3.20. The van der Waals surface area contributed by atoms with E-state index in [0.717, 1.165) is 45.0 Å². The number of hydrogen-bond donors (Lipinski definition) is 2. The number of nitrogens with one attached hydrogen (secondary N) is 1. The quantitative estimate of drug-likeness (QED) is 0.760. The molecule has 2 rings (SSSR count). The fraction of sp³-hybridized carbons (Fsp3) is 0.667. The van der Waals surface area contributed by atoms with Gasteiger partial charge in [0.05, 0.1) is 0 Å². The van der Waals surface area contributed by atoms with Gasteiger partial charge in [-0.2, -0.15) is 0 Å². The monoisotopic (exact) mass is 251 g/mol. The van der Waals surface area contributed by atoms with Gasteiger partial charge in [-0.1, -0.05) is 0 Å². The molecule has 0 unspecified atom stereocenters. The van der Waals surface area contributed by atoms with Crippen LogP contribution in [-0.4, -0.2) is 54.1 Å². The zero-order valence-corrected chi connectivity index (χ0v) is 10.9. The zero-order chi connectivity index (χ0) is 13.0. The van der Waals surface area contributed by atoms with Crippen LogP contribution in [0, 0.1) is 6.92 Å². The van der Waals surface area contributed by atoms with E-state index in [1.807, 2.05) is 6.92 Å². The molecule has 1 saturated heterocycles. The van der Waals surface area contributed by atoms with Crippen LogP contribution in [0.25, 0.3) is 0 Å². The number of rotatable bonds is 3. The van der Waals surface area contributed by atoms with E-state index in [9.17, 15) is 4.79 Å². The van der Waals surface area contributed by atoms with Crippen molar-refractivity contribution in [2.45, 2.75) is 13.3 Å². The van der Waals surface area contributed by atoms with E-state index in [1.165, 1.54) is 0 Å². The van der Waals surface area contributed by atoms with Gasteiger partial charge < -0.3 is 20.5 Å². The Bertz CT molecular complexity index is 444. The average molecular weight is 251 g/mol. The van der Waals surface area contributed by atoms with Crippen molar-refractivity contribution in [3.63, 3.8) is 0 Å². The van der Waals surface area contributed by atoms with Crippen molar-refractivity contribution in [1.82, 2.24) is 14.9 Å². The SMILES string of the molecule is Cc1nc(N2CCCN(CCN)CC2)cc(=O)[nH]1. The number of hydrogen-bond acceptors (Lipinski definition) is 5. The molecule has 0 aromatic carbocycles. The standard InChI is InChI=1S/C12H21N5O/c1-10-14-11(9-12(18)15-10)17-5-2-4-16(6-3-13)7-8-17/h9H,2-8,13H2,1H3,(H,14,15,18). The van der Waals surface area contributed by atoms with Crippen LogP contribution < -0.4 is 16.2 Å². The van der Waals surface area contributed by atoms with E-state index in [4.69, 9.17) is 5.73 Å². The molecule has 1 aliphatic rings. The van der Waals surface area contributed by atoms with E-state index >= 15 is 0 Å². The number of aromatic nitrogens is 2. The Balaban J connectivity index is 2.07. The van der Waals surface area contributed by atoms with Crippen LogP contribution in [0.2, 0.25) is 0 Å². The van der Waals surface area contributed by atoms with Crippen LogP contribution in [0.1, 0.15) is 12.2 Å². The number of aromatic amines is 1. The molecule has 0 aliphatic carbocycles. The molecule has 1 aromatic rings. The molecule has 0 amide bonds. The van der Waals surface area contributed by atoms with Crippen LogP contribution in [0.15, 0.2) is 10.9 Å². The van der Waals surface area contributed by atoms with Crippen LogP contribution in [0.3, 0.4) is 0 Å². The minimum atomic E-state index is -0.0828. The molecule has 6 nitrogen and oxygen atoms in total. The summed E-state index contributed by atoms with van der Waals surface area (Å²) in [5.74, 6) is 1.45. The molecule has 0 radical (unpaired) electrons. The molecule has 1 aliphatic heterocycles. The molecule has 1 aromatic heterocycles. The number of nitrogens with two attached hydrogens (primary N) is 1. The highest BCUT2D eigenvalue weighted by Gasteiger charge is 2.15. The Morgan fingerprint density at radius 1 is 1.39 bits per heavy atom. The van der Waals surface area contributed by atoms with Crippen molar-refractivity contribution in [1.29, 1.82) is 0 Å². The van der Waals surface area contributed by atoms with Gasteiger partial charge in [-0.25, -0.2) is 4.98 Å². The van der Waals surface area contributed by atoms with E-state index in [0.29, 0.717) is 12.4 Å². The van der Waals surface area contributed by atoms with Gasteiger partial charge in [-0.05, 0) is 19.9 Å². The Hall–Kier alpha value is -1.40. The molecule has 1 fully saturated rings. The largest absolute Gasteiger partial charge is 0.355 e. The lowest BCUT2D eigenvalue weighted by Gasteiger charge is -2.22. The highest BCUT2D eigenvalue weighted by molar-refractivity contribution is 5.37. The molecule has 18 heavy (non-hydrogen) atoms. The molecule has 6 heteroatoms. The Labute approximate surface area is 107 Å². The lowest BCUT2D eigenvalue weighted by molar-refractivity contribution is 0.302. The molecule has 3 N–H and O–H groups in total. The van der Waals surface area contributed by atoms with Gasteiger partial charge in [0.15, 0.2) is 0 Å². The van der Waals surface area contributed by atoms with E-state index in [-0.39, 0.29) is 5.56 Å². The van der Waals surface area contributed by atoms with Crippen molar-refractivity contribution in [2.24, 2.45) is 5.73 Å². The van der Waals surface area contributed by atoms with Gasteiger partial charge in [0.1, 0.15) is 11.6 Å². The van der Waals surface area contributed by atoms with E-state index < -0.39 is 0 Å². The van der Waals surface area contributed by atoms with E-state index in [1.54, 1.807) is 6.07 Å². The predicted molar refractivity (Wildman–Crippen MR) is 71.9 cm³/mol. The topological polar surface area (TPSA) is 78.2 Å². The molecule has 0 saturated carbocycles. The average Bonchev–Trinajstić information content (AvgIpc) is 2.54. The molecular formula is C12H21N5O. The van der Waals surface area contributed by atoms with Crippen molar-refractivity contribution in [3.8, 4) is 0 Å². The highest BCUT2D eigenvalue weighted by Crippen LogP contribution is 2.11. The Morgan fingerprint density at radius 3 is 2.94 bits per heavy atom. The summed E-state index contributed by atoms with van der Waals surface area (Å²) >= 11 is 0. The first-order valence-corrected chi connectivity index (χ1v) is 6.44. The first-order chi connectivity index (χ1) is 8.69. The van der Waals surface area contributed by atoms with Crippen molar-refractivity contribution in [3.05, 3.63) is 22.2 Å². The van der Waals surface area contributed by atoms with Gasteiger partial charge in [0.25, 0.3) is 5.56 Å². The summed E-state index contributed by atoms with van der Waals surface area (Å²) in [6.45, 7) is 7.33. The van der Waals surface area contributed by atoms with Crippen LogP contribution in [-0.2, 0) is 0 Å². The second-order valence-electron chi connectivity index (χ2n) is 4.66. The summed E-state index contributed by atoms with van der Waals surface area (Å²) in [7, 11) is 0. The van der Waals surface area contributed by atoms with Crippen molar-refractivity contribution >= 4 is 5.82 Å². The molecule has 2 heterocycles. The number of anilines is 1. The lowest BCUT2D eigenvalue weighted by atomic mass is 10.3. The molecule has 100 valence electrons. The summed E-state index contributed by atoms with van der Waals surface area (Å²) < 4.78 is 0. The van der Waals surface area contributed by atoms with Gasteiger partial charge in [0, 0.05) is 38.8 Å². The highest BCUT2D eigenvalue weighted by atomic mass is 16.1. The predicted octanol–water partition coefficient (Wildman–Crippen LogP) is -0.451. The molecule has 0 bridgehead atoms. The van der Waals surface area contributed by atoms with Gasteiger partial charge >= 0.3 is 0 Å². The number of nitrogens with zero attached hydrogens (tertiary/aromatic N) is 3. The lowest BCUT2D eigenvalue weighted by Crippen LogP contribution is -2.34. The van der Waals surface area contributed by atoms with Gasteiger partial charge in [-0.3, -0.25) is 4.79 Å². The van der Waals surface area contributed by atoms with Crippen LogP contribution in [0.5, 0.6) is 0 Å². The van der Waals surface area contributed by atoms with Crippen LogP contribution >= 0.6 is 0 Å². The summed E-state index contributed by atoms with van der Waals surface area (Å²) in [4.78, 5) is 23.1. The van der Waals surface area contributed by atoms with Gasteiger partial charge in [0.2, 0.25) is 0 Å². The summed E-state index contributed by atoms with van der Waals surface area (Å²) in [6, 6.07) is 1.57. The summed E-state index contributed by atoms with van der Waals surface area (Å²) in [5.41, 5.74) is 5.50. The second kappa shape index (κ2) is 5.97. The fourth-order valence-electron chi connectivity index (χ4n) is 2.33. The number of aryl methyl sites for hydroxylation is 1. The first-order valence-electron chi connectivity index (χ1n) is 6.44. The van der Waals surface area contributed by atoms with Crippen LogP contribution in [0.4, 0.5) is 5.82 Å². The third-order valence-electron chi connectivity index (χ3n) is 3.20. The zero-order valence-electron chi connectivity index (χ0n) is 10.9. The maximum Gasteiger partial charge on any atom is 0.252 e.